The van der Waals surface area contributed by atoms with Crippen molar-refractivity contribution in [3.05, 3.63) is 45.8 Å². The number of amides is 2. The zero-order valence-electron chi connectivity index (χ0n) is 18.3. The molecule has 32 heavy (non-hydrogen) atoms. The van der Waals surface area contributed by atoms with Crippen LogP contribution in [0, 0.1) is 0 Å². The maximum absolute atomic E-state index is 12.9. The molecule has 0 bridgehead atoms. The molecule has 172 valence electrons. The molecule has 2 aliphatic rings. The van der Waals surface area contributed by atoms with Crippen LogP contribution in [-0.2, 0) is 23.0 Å². The summed E-state index contributed by atoms with van der Waals surface area (Å²) >= 11 is 1.43. The van der Waals surface area contributed by atoms with Gasteiger partial charge in [0, 0.05) is 43.7 Å². The summed E-state index contributed by atoms with van der Waals surface area (Å²) in [6.45, 7) is 5.75. The second kappa shape index (κ2) is 9.30. The van der Waals surface area contributed by atoms with Crippen molar-refractivity contribution in [1.82, 2.24) is 14.5 Å². The summed E-state index contributed by atoms with van der Waals surface area (Å²) in [6.07, 6.45) is 2.50. The summed E-state index contributed by atoms with van der Waals surface area (Å²) in [6, 6.07) is 5.98. The number of hydrogen-bond acceptors (Lipinski definition) is 6. The summed E-state index contributed by atoms with van der Waals surface area (Å²) in [4.78, 5) is 29.1. The van der Waals surface area contributed by atoms with Crippen molar-refractivity contribution >= 4 is 38.2 Å². The highest BCUT2D eigenvalue weighted by atomic mass is 32.2. The average Bonchev–Trinajstić information content (AvgIpc) is 3.46. The van der Waals surface area contributed by atoms with E-state index in [4.69, 9.17) is 0 Å². The fraction of sp³-hybridized carbons (Fsp3) is 0.455. The quantitative estimate of drug-likeness (QED) is 0.668. The van der Waals surface area contributed by atoms with E-state index in [1.807, 2.05) is 0 Å². The van der Waals surface area contributed by atoms with Crippen LogP contribution >= 0.6 is 11.3 Å². The van der Waals surface area contributed by atoms with Crippen LogP contribution in [0.2, 0.25) is 0 Å². The molecule has 0 saturated carbocycles. The van der Waals surface area contributed by atoms with E-state index in [1.54, 1.807) is 7.05 Å². The number of nitrogens with one attached hydrogen (secondary N) is 2. The van der Waals surface area contributed by atoms with Gasteiger partial charge in [-0.15, -0.1) is 11.3 Å². The van der Waals surface area contributed by atoms with Crippen LogP contribution in [0.4, 0.5) is 5.00 Å². The van der Waals surface area contributed by atoms with E-state index >= 15 is 0 Å². The van der Waals surface area contributed by atoms with Crippen molar-refractivity contribution in [1.29, 1.82) is 0 Å². The molecule has 0 atom stereocenters. The molecule has 8 nitrogen and oxygen atoms in total. The molecule has 2 N–H and O–H groups in total. The topological polar surface area (TPSA) is 98.8 Å². The Hall–Kier alpha value is -2.27. The van der Waals surface area contributed by atoms with Crippen LogP contribution in [-0.4, -0.2) is 62.7 Å². The summed E-state index contributed by atoms with van der Waals surface area (Å²) < 4.78 is 26.9. The first-order valence-corrected chi connectivity index (χ1v) is 13.1. The van der Waals surface area contributed by atoms with Gasteiger partial charge in [0.1, 0.15) is 5.00 Å². The first kappa shape index (κ1) is 22.9. The molecule has 1 aromatic heterocycles. The maximum Gasteiger partial charge on any atom is 0.256 e. The van der Waals surface area contributed by atoms with Gasteiger partial charge in [-0.2, -0.15) is 4.31 Å². The Balaban J connectivity index is 1.56. The van der Waals surface area contributed by atoms with E-state index in [1.165, 1.54) is 39.9 Å². The lowest BCUT2D eigenvalue weighted by Gasteiger charge is -2.25. The van der Waals surface area contributed by atoms with E-state index in [2.05, 4.69) is 22.5 Å². The molecule has 3 heterocycles. The van der Waals surface area contributed by atoms with Crippen molar-refractivity contribution in [3.63, 3.8) is 0 Å². The minimum Gasteiger partial charge on any atom is -0.355 e. The third-order valence-electron chi connectivity index (χ3n) is 6.08. The largest absolute Gasteiger partial charge is 0.355 e. The Labute approximate surface area is 192 Å². The van der Waals surface area contributed by atoms with Gasteiger partial charge in [-0.25, -0.2) is 8.42 Å². The molecule has 0 radical (unpaired) electrons. The summed E-state index contributed by atoms with van der Waals surface area (Å²) in [7, 11) is -1.94. The molecule has 1 fully saturated rings. The number of fused-ring (bicyclic) bond motifs is 1. The summed E-state index contributed by atoms with van der Waals surface area (Å²) in [5.41, 5.74) is 1.88. The molecule has 0 spiro atoms. The van der Waals surface area contributed by atoms with E-state index in [9.17, 15) is 18.0 Å². The number of nitrogens with zero attached hydrogens (tertiary/aromatic N) is 2. The Bertz CT molecular complexity index is 1120. The third kappa shape index (κ3) is 4.32. The lowest BCUT2D eigenvalue weighted by molar-refractivity contribution is 0.0962. The Morgan fingerprint density at radius 2 is 1.75 bits per heavy atom. The number of anilines is 1. The highest BCUT2D eigenvalue weighted by molar-refractivity contribution is 7.89. The number of rotatable bonds is 6. The minimum atomic E-state index is -3.53. The van der Waals surface area contributed by atoms with Crippen LogP contribution < -0.4 is 10.6 Å². The standard InChI is InChI=1S/C22H28N4O4S2/c1-3-25-13-10-17-18(14-25)31-22(19(17)21(28)23-2)24-20(27)15-6-8-16(9-7-15)32(29,30)26-11-4-5-12-26/h6-9H,3-5,10-14H2,1-2H3,(H,23,28)(H,24,27). The van der Waals surface area contributed by atoms with Gasteiger partial charge < -0.3 is 10.6 Å². The summed E-state index contributed by atoms with van der Waals surface area (Å²) in [5.74, 6) is -0.582. The van der Waals surface area contributed by atoms with Gasteiger partial charge in [0.05, 0.1) is 10.5 Å². The monoisotopic (exact) mass is 476 g/mol. The van der Waals surface area contributed by atoms with Gasteiger partial charge in [0.15, 0.2) is 0 Å². The van der Waals surface area contributed by atoms with Crippen LogP contribution in [0.5, 0.6) is 0 Å². The first-order valence-electron chi connectivity index (χ1n) is 10.9. The number of carbonyl (C=O) groups is 2. The van der Waals surface area contributed by atoms with E-state index in [-0.39, 0.29) is 16.7 Å². The fourth-order valence-electron chi connectivity index (χ4n) is 4.21. The van der Waals surface area contributed by atoms with Gasteiger partial charge in [-0.05, 0) is 55.6 Å². The molecule has 10 heteroatoms. The molecule has 1 aromatic carbocycles. The Morgan fingerprint density at radius 1 is 1.06 bits per heavy atom. The molecule has 0 unspecified atom stereocenters. The number of carbonyl (C=O) groups excluding carboxylic acids is 2. The molecule has 2 amide bonds. The van der Waals surface area contributed by atoms with Gasteiger partial charge in [0.2, 0.25) is 10.0 Å². The molecule has 4 rings (SSSR count). The van der Waals surface area contributed by atoms with Crippen molar-refractivity contribution in [2.24, 2.45) is 0 Å². The number of sulfonamides is 1. The second-order valence-corrected chi connectivity index (χ2v) is 11.0. The minimum absolute atomic E-state index is 0.188. The van der Waals surface area contributed by atoms with Crippen LogP contribution in [0.25, 0.3) is 0 Å². The van der Waals surface area contributed by atoms with Crippen molar-refractivity contribution in [2.75, 3.05) is 38.5 Å². The Morgan fingerprint density at radius 3 is 2.38 bits per heavy atom. The van der Waals surface area contributed by atoms with Gasteiger partial charge in [-0.3, -0.25) is 14.5 Å². The van der Waals surface area contributed by atoms with E-state index in [0.29, 0.717) is 29.2 Å². The van der Waals surface area contributed by atoms with E-state index in [0.717, 1.165) is 49.3 Å². The lowest BCUT2D eigenvalue weighted by atomic mass is 10.0. The van der Waals surface area contributed by atoms with Crippen LogP contribution in [0.1, 0.15) is 50.9 Å². The molecule has 0 aliphatic carbocycles. The summed E-state index contributed by atoms with van der Waals surface area (Å²) in [5, 5.41) is 6.10. The predicted octanol–water partition coefficient (Wildman–Crippen LogP) is 2.52. The predicted molar refractivity (Wildman–Crippen MR) is 125 cm³/mol. The lowest BCUT2D eigenvalue weighted by Crippen LogP contribution is -2.30. The number of benzene rings is 1. The van der Waals surface area contributed by atoms with Crippen molar-refractivity contribution in [2.45, 2.75) is 37.6 Å². The maximum atomic E-state index is 12.9. The average molecular weight is 477 g/mol. The molecular formula is C22H28N4O4S2. The third-order valence-corrected chi connectivity index (χ3v) is 9.13. The normalized spacial score (nSPS) is 17.2. The number of thiophene rings is 1. The smallest absolute Gasteiger partial charge is 0.256 e. The van der Waals surface area contributed by atoms with Crippen LogP contribution in [0.15, 0.2) is 29.2 Å². The van der Waals surface area contributed by atoms with Crippen LogP contribution in [0.3, 0.4) is 0 Å². The highest BCUT2D eigenvalue weighted by Gasteiger charge is 2.29. The number of likely N-dealkylation sites (N-methyl/N-ethyl adjacent to an activating group) is 1. The second-order valence-electron chi connectivity index (χ2n) is 8.00. The van der Waals surface area contributed by atoms with E-state index < -0.39 is 10.0 Å². The zero-order valence-corrected chi connectivity index (χ0v) is 19.9. The molecule has 1 saturated heterocycles. The highest BCUT2D eigenvalue weighted by Crippen LogP contribution is 2.37. The first-order chi connectivity index (χ1) is 15.3. The van der Waals surface area contributed by atoms with Crippen molar-refractivity contribution in [3.8, 4) is 0 Å². The molecular weight excluding hydrogens is 448 g/mol. The van der Waals surface area contributed by atoms with Crippen molar-refractivity contribution < 1.29 is 18.0 Å². The fourth-order valence-corrected chi connectivity index (χ4v) is 7.01. The zero-order chi connectivity index (χ0) is 22.9. The van der Waals surface area contributed by atoms with Gasteiger partial charge in [0.25, 0.3) is 11.8 Å². The number of hydrogen-bond donors (Lipinski definition) is 2. The van der Waals surface area contributed by atoms with Gasteiger partial charge in [-0.1, -0.05) is 6.92 Å². The SMILES string of the molecule is CCN1CCc2c(sc(NC(=O)c3ccc(S(=O)(=O)N4CCCC4)cc3)c2C(=O)NC)C1. The Kier molecular flexibility index (Phi) is 6.66. The molecule has 2 aliphatic heterocycles. The molecule has 2 aromatic rings. The van der Waals surface area contributed by atoms with Gasteiger partial charge >= 0.3 is 0 Å².